The molecule has 0 radical (unpaired) electrons. The Kier molecular flexibility index (Phi) is 6.35. The lowest BCUT2D eigenvalue weighted by molar-refractivity contribution is -0.0456. The van der Waals surface area contributed by atoms with Crippen molar-refractivity contribution in [3.63, 3.8) is 0 Å². The summed E-state index contributed by atoms with van der Waals surface area (Å²) in [7, 11) is -7.65. The second kappa shape index (κ2) is 8.13. The summed E-state index contributed by atoms with van der Waals surface area (Å²) in [5.41, 5.74) is 0. The van der Waals surface area contributed by atoms with E-state index in [1.165, 1.54) is 12.9 Å². The van der Waals surface area contributed by atoms with Crippen molar-refractivity contribution in [1.82, 2.24) is 12.9 Å². The van der Waals surface area contributed by atoms with Gasteiger partial charge in [0.2, 0.25) is 10.0 Å². The second-order valence-electron chi connectivity index (χ2n) is 6.96. The highest BCUT2D eigenvalue weighted by Crippen LogP contribution is 2.27. The lowest BCUT2D eigenvalue weighted by Gasteiger charge is -2.40. The van der Waals surface area contributed by atoms with Crippen LogP contribution in [0.1, 0.15) is 13.8 Å². The predicted molar refractivity (Wildman–Crippen MR) is 102 cm³/mol. The first-order valence-electron chi connectivity index (χ1n) is 8.87. The van der Waals surface area contributed by atoms with Gasteiger partial charge in [0, 0.05) is 39.3 Å². The maximum absolute atomic E-state index is 13.2. The minimum Gasteiger partial charge on any atom is -0.373 e. The van der Waals surface area contributed by atoms with Crippen molar-refractivity contribution in [2.75, 3.05) is 39.3 Å². The molecule has 2 aliphatic rings. The third-order valence-electron chi connectivity index (χ3n) is 4.75. The summed E-state index contributed by atoms with van der Waals surface area (Å²) in [4.78, 5) is -0.192. The molecule has 2 heterocycles. The molecule has 3 rings (SSSR count). The van der Waals surface area contributed by atoms with Crippen molar-refractivity contribution in [2.24, 2.45) is 0 Å². The van der Waals surface area contributed by atoms with Crippen LogP contribution in [0.3, 0.4) is 0 Å². The van der Waals surface area contributed by atoms with E-state index in [1.54, 1.807) is 0 Å². The minimum absolute atomic E-state index is 0.00921. The van der Waals surface area contributed by atoms with Crippen LogP contribution in [0.25, 0.3) is 0 Å². The molecule has 0 spiro atoms. The monoisotopic (exact) mass is 455 g/mol. The Labute approximate surface area is 170 Å². The summed E-state index contributed by atoms with van der Waals surface area (Å²) in [5.74, 6) is -0.631. The van der Waals surface area contributed by atoms with Crippen LogP contribution in [-0.2, 0) is 25.0 Å². The Morgan fingerprint density at radius 1 is 0.964 bits per heavy atom. The highest BCUT2D eigenvalue weighted by molar-refractivity contribution is 7.89. The van der Waals surface area contributed by atoms with Gasteiger partial charge in [0.25, 0.3) is 10.2 Å². The third kappa shape index (κ3) is 4.35. The zero-order chi connectivity index (χ0) is 20.7. The van der Waals surface area contributed by atoms with E-state index >= 15 is 0 Å². The van der Waals surface area contributed by atoms with Gasteiger partial charge in [0.1, 0.15) is 10.7 Å². The van der Waals surface area contributed by atoms with Crippen molar-refractivity contribution < 1.29 is 26.0 Å². The molecule has 2 atom stereocenters. The van der Waals surface area contributed by atoms with Crippen LogP contribution >= 0.6 is 11.6 Å². The van der Waals surface area contributed by atoms with Gasteiger partial charge in [-0.05, 0) is 32.0 Å². The quantitative estimate of drug-likeness (QED) is 0.679. The largest absolute Gasteiger partial charge is 0.373 e. The first-order chi connectivity index (χ1) is 13.0. The SMILES string of the molecule is CC1CN(S(=O)(=O)N2CCN(S(=O)(=O)c3ccc(F)cc3Cl)CC2)CC(C)O1. The number of halogens is 2. The first-order valence-corrected chi connectivity index (χ1v) is 12.1. The third-order valence-corrected chi connectivity index (χ3v) is 9.10. The van der Waals surface area contributed by atoms with E-state index in [9.17, 15) is 21.2 Å². The number of hydrogen-bond acceptors (Lipinski definition) is 5. The van der Waals surface area contributed by atoms with E-state index in [1.807, 2.05) is 13.8 Å². The summed E-state index contributed by atoms with van der Waals surface area (Å²) in [5, 5.41) is -0.202. The Morgan fingerprint density at radius 2 is 1.50 bits per heavy atom. The summed E-state index contributed by atoms with van der Waals surface area (Å²) < 4.78 is 74.0. The van der Waals surface area contributed by atoms with Gasteiger partial charge in [-0.3, -0.25) is 0 Å². The summed E-state index contributed by atoms with van der Waals surface area (Å²) >= 11 is 5.89. The summed E-state index contributed by atoms with van der Waals surface area (Å²) in [6, 6.07) is 3.09. The number of piperazine rings is 1. The molecule has 1 aromatic rings. The zero-order valence-electron chi connectivity index (χ0n) is 15.6. The Morgan fingerprint density at radius 3 is 2.04 bits per heavy atom. The maximum Gasteiger partial charge on any atom is 0.282 e. The second-order valence-corrected chi connectivity index (χ2v) is 11.2. The molecule has 0 aromatic heterocycles. The molecule has 2 aliphatic heterocycles. The Bertz CT molecular complexity index is 926. The van der Waals surface area contributed by atoms with E-state index in [-0.39, 0.29) is 61.4 Å². The summed E-state index contributed by atoms with van der Waals surface area (Å²) in [6.45, 7) is 4.19. The number of ether oxygens (including phenoxy) is 1. The van der Waals surface area contributed by atoms with Crippen molar-refractivity contribution in [3.8, 4) is 0 Å². The molecule has 12 heteroatoms. The molecule has 1 aromatic carbocycles. The predicted octanol–water partition coefficient (Wildman–Crippen LogP) is 1.14. The normalized spacial score (nSPS) is 26.4. The van der Waals surface area contributed by atoms with Crippen LogP contribution in [0.5, 0.6) is 0 Å². The average Bonchev–Trinajstić information content (AvgIpc) is 2.60. The van der Waals surface area contributed by atoms with Gasteiger partial charge < -0.3 is 4.74 Å². The highest BCUT2D eigenvalue weighted by atomic mass is 35.5. The zero-order valence-corrected chi connectivity index (χ0v) is 18.0. The Hall–Kier alpha value is -0.820. The average molecular weight is 456 g/mol. The maximum atomic E-state index is 13.2. The number of morpholine rings is 1. The van der Waals surface area contributed by atoms with E-state index in [0.29, 0.717) is 0 Å². The molecule has 0 saturated carbocycles. The molecule has 0 N–H and O–H groups in total. The van der Waals surface area contributed by atoms with Gasteiger partial charge in [-0.1, -0.05) is 11.6 Å². The molecule has 8 nitrogen and oxygen atoms in total. The molecule has 2 unspecified atom stereocenters. The number of hydrogen-bond donors (Lipinski definition) is 0. The van der Waals surface area contributed by atoms with E-state index in [2.05, 4.69) is 0 Å². The lowest BCUT2D eigenvalue weighted by Crippen LogP contribution is -2.57. The Balaban J connectivity index is 1.71. The van der Waals surface area contributed by atoms with Gasteiger partial charge in [-0.15, -0.1) is 0 Å². The topological polar surface area (TPSA) is 87.2 Å². The fraction of sp³-hybridized carbons (Fsp3) is 0.625. The molecule has 0 amide bonds. The fourth-order valence-electron chi connectivity index (χ4n) is 3.45. The van der Waals surface area contributed by atoms with E-state index in [0.717, 1.165) is 18.2 Å². The number of sulfonamides is 1. The molecule has 2 fully saturated rings. The molecule has 28 heavy (non-hydrogen) atoms. The molecule has 0 bridgehead atoms. The smallest absolute Gasteiger partial charge is 0.282 e. The van der Waals surface area contributed by atoms with Gasteiger partial charge in [0.15, 0.2) is 0 Å². The first kappa shape index (κ1) is 21.9. The molecular weight excluding hydrogens is 433 g/mol. The van der Waals surface area contributed by atoms with Crippen molar-refractivity contribution in [3.05, 3.63) is 29.0 Å². The standard InChI is InChI=1S/C16H23ClFN3O5S2/c1-12-10-21(11-13(2)26-12)28(24,25)20-7-5-19(6-8-20)27(22,23)16-4-3-14(18)9-15(16)17/h3-4,9,12-13H,5-8,10-11H2,1-2H3. The number of rotatable bonds is 4. The molecule has 2 saturated heterocycles. The van der Waals surface area contributed by atoms with E-state index < -0.39 is 26.0 Å². The van der Waals surface area contributed by atoms with Gasteiger partial charge in [-0.2, -0.15) is 21.3 Å². The molecule has 158 valence electrons. The number of benzene rings is 1. The van der Waals surface area contributed by atoms with Crippen LogP contribution < -0.4 is 0 Å². The van der Waals surface area contributed by atoms with Crippen LogP contribution in [0.4, 0.5) is 4.39 Å². The van der Waals surface area contributed by atoms with Crippen LogP contribution in [0, 0.1) is 5.82 Å². The lowest BCUT2D eigenvalue weighted by atomic mass is 10.3. The highest BCUT2D eigenvalue weighted by Gasteiger charge is 2.39. The number of nitrogens with zero attached hydrogens (tertiary/aromatic N) is 3. The van der Waals surface area contributed by atoms with Crippen molar-refractivity contribution >= 4 is 31.8 Å². The van der Waals surface area contributed by atoms with Gasteiger partial charge in [0.05, 0.1) is 17.2 Å². The van der Waals surface area contributed by atoms with Gasteiger partial charge >= 0.3 is 0 Å². The van der Waals surface area contributed by atoms with Crippen molar-refractivity contribution in [1.29, 1.82) is 0 Å². The fourth-order valence-corrected chi connectivity index (χ4v) is 7.12. The minimum atomic E-state index is -3.94. The van der Waals surface area contributed by atoms with E-state index in [4.69, 9.17) is 16.3 Å². The van der Waals surface area contributed by atoms with Crippen LogP contribution in [0.15, 0.2) is 23.1 Å². The molecule has 0 aliphatic carbocycles. The summed E-state index contributed by atoms with van der Waals surface area (Å²) in [6.07, 6.45) is -0.415. The van der Waals surface area contributed by atoms with Gasteiger partial charge in [-0.25, -0.2) is 12.8 Å². The van der Waals surface area contributed by atoms with Crippen molar-refractivity contribution in [2.45, 2.75) is 31.0 Å². The molecular formula is C16H23ClFN3O5S2. The van der Waals surface area contributed by atoms with Crippen LogP contribution in [0.2, 0.25) is 5.02 Å². The van der Waals surface area contributed by atoms with Crippen LogP contribution in [-0.4, -0.2) is 81.2 Å².